The average molecular weight is 303 g/mol. The molecule has 0 spiro atoms. The largest absolute Gasteiger partial charge is 0.467 e. The van der Waals surface area contributed by atoms with Crippen molar-refractivity contribution < 1.29 is 23.4 Å². The van der Waals surface area contributed by atoms with Crippen LogP contribution in [0.5, 0.6) is 5.75 Å². The Morgan fingerprint density at radius 2 is 2.27 bits per heavy atom. The predicted molar refractivity (Wildman–Crippen MR) is 74.8 cm³/mol. The van der Waals surface area contributed by atoms with Gasteiger partial charge in [-0.3, -0.25) is 4.98 Å². The number of hydrogen-bond acceptors (Lipinski definition) is 5. The van der Waals surface area contributed by atoms with Crippen molar-refractivity contribution in [2.45, 2.75) is 20.1 Å². The van der Waals surface area contributed by atoms with Crippen molar-refractivity contribution in [2.75, 3.05) is 6.79 Å². The van der Waals surface area contributed by atoms with E-state index in [-0.39, 0.29) is 20.0 Å². The third-order valence-electron chi connectivity index (χ3n) is 3.26. The van der Waals surface area contributed by atoms with Gasteiger partial charge in [-0.15, -0.1) is 0 Å². The highest BCUT2D eigenvalue weighted by Gasteiger charge is 2.18. The fourth-order valence-electron chi connectivity index (χ4n) is 2.18. The van der Waals surface area contributed by atoms with Crippen molar-refractivity contribution in [3.8, 4) is 5.75 Å². The second kappa shape index (κ2) is 6.11. The lowest BCUT2D eigenvalue weighted by Gasteiger charge is -2.20. The molecule has 22 heavy (non-hydrogen) atoms. The fourth-order valence-corrected chi connectivity index (χ4v) is 2.18. The third-order valence-corrected chi connectivity index (χ3v) is 3.26. The van der Waals surface area contributed by atoms with Crippen LogP contribution in [-0.2, 0) is 22.7 Å². The zero-order valence-electron chi connectivity index (χ0n) is 12.0. The van der Waals surface area contributed by atoms with E-state index in [2.05, 4.69) is 4.98 Å². The maximum atomic E-state index is 13.6. The van der Waals surface area contributed by atoms with Gasteiger partial charge in [0.15, 0.2) is 6.79 Å². The smallest absolute Gasteiger partial charge is 0.340 e. The predicted octanol–water partition coefficient (Wildman–Crippen LogP) is 2.75. The molecule has 1 aliphatic heterocycles. The van der Waals surface area contributed by atoms with Gasteiger partial charge in [0.05, 0.1) is 12.2 Å². The molecule has 0 saturated heterocycles. The van der Waals surface area contributed by atoms with Crippen LogP contribution in [0, 0.1) is 12.7 Å². The van der Waals surface area contributed by atoms with Gasteiger partial charge in [0.2, 0.25) is 0 Å². The number of carbonyl (C=O) groups is 1. The molecule has 0 fully saturated rings. The monoisotopic (exact) mass is 303 g/mol. The number of aryl methyl sites for hydroxylation is 1. The minimum Gasteiger partial charge on any atom is -0.467 e. The van der Waals surface area contributed by atoms with Crippen molar-refractivity contribution in [2.24, 2.45) is 0 Å². The third kappa shape index (κ3) is 3.07. The summed E-state index contributed by atoms with van der Waals surface area (Å²) in [6.45, 7) is 2.12. The van der Waals surface area contributed by atoms with E-state index in [4.69, 9.17) is 14.2 Å². The molecule has 0 aliphatic carbocycles. The number of rotatable bonds is 3. The lowest BCUT2D eigenvalue weighted by Crippen LogP contribution is -2.15. The zero-order valence-corrected chi connectivity index (χ0v) is 12.0. The first-order valence-electron chi connectivity index (χ1n) is 6.75. The van der Waals surface area contributed by atoms with Crippen LogP contribution in [0.1, 0.15) is 27.2 Å². The van der Waals surface area contributed by atoms with Crippen LogP contribution in [-0.4, -0.2) is 17.7 Å². The minimum absolute atomic E-state index is 0.0766. The van der Waals surface area contributed by atoms with E-state index in [1.807, 2.05) is 6.92 Å². The summed E-state index contributed by atoms with van der Waals surface area (Å²) in [4.78, 5) is 16.0. The van der Waals surface area contributed by atoms with Crippen LogP contribution in [0.3, 0.4) is 0 Å². The minimum atomic E-state index is -0.516. The fraction of sp³-hybridized carbons (Fsp3) is 0.250. The summed E-state index contributed by atoms with van der Waals surface area (Å²) in [5, 5.41) is 0. The van der Waals surface area contributed by atoms with E-state index in [9.17, 15) is 9.18 Å². The topological polar surface area (TPSA) is 57.7 Å². The van der Waals surface area contributed by atoms with Crippen LogP contribution >= 0.6 is 0 Å². The first-order valence-corrected chi connectivity index (χ1v) is 6.75. The molecule has 114 valence electrons. The maximum Gasteiger partial charge on any atom is 0.340 e. The van der Waals surface area contributed by atoms with Gasteiger partial charge in [-0.2, -0.15) is 0 Å². The summed E-state index contributed by atoms with van der Waals surface area (Å²) in [7, 11) is 0. The van der Waals surface area contributed by atoms with E-state index in [1.165, 1.54) is 18.3 Å². The molecule has 5 nitrogen and oxygen atoms in total. The van der Waals surface area contributed by atoms with Gasteiger partial charge >= 0.3 is 5.97 Å². The number of carbonyl (C=O) groups excluding carboxylic acids is 1. The molecule has 3 rings (SSSR count). The van der Waals surface area contributed by atoms with E-state index in [0.29, 0.717) is 22.4 Å². The summed E-state index contributed by atoms with van der Waals surface area (Å²) in [6, 6.07) is 6.01. The highest BCUT2D eigenvalue weighted by molar-refractivity contribution is 5.89. The Kier molecular flexibility index (Phi) is 4.02. The summed E-state index contributed by atoms with van der Waals surface area (Å²) in [6.07, 6.45) is 1.45. The molecule has 2 aromatic rings. The Labute approximate surface area is 126 Å². The van der Waals surface area contributed by atoms with Crippen LogP contribution in [0.25, 0.3) is 0 Å². The highest BCUT2D eigenvalue weighted by Crippen LogP contribution is 2.30. The van der Waals surface area contributed by atoms with E-state index in [0.717, 1.165) is 5.69 Å². The molecule has 0 saturated carbocycles. The van der Waals surface area contributed by atoms with Crippen molar-refractivity contribution in [3.05, 3.63) is 58.7 Å². The number of fused-ring (bicyclic) bond motifs is 1. The SMILES string of the molecule is Cc1ccc(C(=O)OCc2cc(F)cc3c2OCOC3)cn1. The summed E-state index contributed by atoms with van der Waals surface area (Å²) >= 11 is 0. The van der Waals surface area contributed by atoms with Crippen LogP contribution in [0.2, 0.25) is 0 Å². The number of hydrogen-bond donors (Lipinski definition) is 0. The lowest BCUT2D eigenvalue weighted by atomic mass is 10.1. The number of esters is 1. The van der Waals surface area contributed by atoms with E-state index in [1.54, 1.807) is 12.1 Å². The number of nitrogens with zero attached hydrogens (tertiary/aromatic N) is 1. The Morgan fingerprint density at radius 1 is 1.41 bits per heavy atom. The molecule has 1 aromatic carbocycles. The van der Waals surface area contributed by atoms with Gasteiger partial charge in [-0.25, -0.2) is 9.18 Å². The molecule has 2 heterocycles. The molecule has 0 N–H and O–H groups in total. The zero-order chi connectivity index (χ0) is 15.5. The van der Waals surface area contributed by atoms with Gasteiger partial charge in [0.1, 0.15) is 18.2 Å². The molecule has 0 unspecified atom stereocenters. The quantitative estimate of drug-likeness (QED) is 0.816. The first kappa shape index (κ1) is 14.5. The Morgan fingerprint density at radius 3 is 3.05 bits per heavy atom. The lowest BCUT2D eigenvalue weighted by molar-refractivity contribution is -0.0182. The molecule has 0 atom stereocenters. The van der Waals surface area contributed by atoms with Gasteiger partial charge in [-0.1, -0.05) is 0 Å². The van der Waals surface area contributed by atoms with Crippen molar-refractivity contribution in [3.63, 3.8) is 0 Å². The second-order valence-corrected chi connectivity index (χ2v) is 4.93. The van der Waals surface area contributed by atoms with Gasteiger partial charge in [0.25, 0.3) is 0 Å². The van der Waals surface area contributed by atoms with Crippen LogP contribution in [0.4, 0.5) is 4.39 Å². The van der Waals surface area contributed by atoms with Crippen LogP contribution < -0.4 is 4.74 Å². The Bertz CT molecular complexity index is 700. The molecule has 1 aliphatic rings. The number of pyridine rings is 1. The number of benzene rings is 1. The Hall–Kier alpha value is -2.47. The van der Waals surface area contributed by atoms with E-state index < -0.39 is 11.8 Å². The normalized spacial score (nSPS) is 13.2. The van der Waals surface area contributed by atoms with Gasteiger partial charge < -0.3 is 14.2 Å². The highest BCUT2D eigenvalue weighted by atomic mass is 19.1. The average Bonchev–Trinajstić information content (AvgIpc) is 2.52. The summed E-state index contributed by atoms with van der Waals surface area (Å²) in [5.74, 6) is -0.420. The summed E-state index contributed by atoms with van der Waals surface area (Å²) < 4.78 is 29.3. The Balaban J connectivity index is 1.75. The molecule has 6 heteroatoms. The molecule has 1 aromatic heterocycles. The van der Waals surface area contributed by atoms with Gasteiger partial charge in [0, 0.05) is 23.0 Å². The van der Waals surface area contributed by atoms with Gasteiger partial charge in [-0.05, 0) is 31.2 Å². The van der Waals surface area contributed by atoms with Crippen LogP contribution in [0.15, 0.2) is 30.5 Å². The standard InChI is InChI=1S/C16H14FNO4/c1-10-2-3-11(6-18-10)16(19)21-8-13-5-14(17)4-12-7-20-9-22-15(12)13/h2-6H,7-9H2,1H3. The van der Waals surface area contributed by atoms with Crippen molar-refractivity contribution in [1.82, 2.24) is 4.98 Å². The van der Waals surface area contributed by atoms with Crippen molar-refractivity contribution >= 4 is 5.97 Å². The molecular weight excluding hydrogens is 289 g/mol. The maximum absolute atomic E-state index is 13.6. The molecule has 0 bridgehead atoms. The molecule has 0 amide bonds. The summed E-state index contributed by atoms with van der Waals surface area (Å²) in [5.41, 5.74) is 2.24. The molecular formula is C16H14FNO4. The van der Waals surface area contributed by atoms with E-state index >= 15 is 0 Å². The molecule has 0 radical (unpaired) electrons. The second-order valence-electron chi connectivity index (χ2n) is 4.93. The number of ether oxygens (including phenoxy) is 3. The van der Waals surface area contributed by atoms with Crippen molar-refractivity contribution in [1.29, 1.82) is 0 Å². The number of aromatic nitrogens is 1. The first-order chi connectivity index (χ1) is 10.6. The number of halogens is 1.